The third-order valence-electron chi connectivity index (χ3n) is 4.29. The molecule has 0 aromatic heterocycles. The maximum atomic E-state index is 10.9. The SMILES string of the molecule is CCCCCCCCCCCCN(C)CCN(CCO)C(=O)O. The van der Waals surface area contributed by atoms with Gasteiger partial charge in [0, 0.05) is 19.6 Å². The molecule has 0 fully saturated rings. The summed E-state index contributed by atoms with van der Waals surface area (Å²) in [5.41, 5.74) is 0. The molecule has 1 amide bonds. The summed E-state index contributed by atoms with van der Waals surface area (Å²) in [4.78, 5) is 14.4. The van der Waals surface area contributed by atoms with Crippen LogP contribution in [0.25, 0.3) is 0 Å². The highest BCUT2D eigenvalue weighted by Crippen LogP contribution is 2.10. The zero-order valence-corrected chi connectivity index (χ0v) is 15.3. The quantitative estimate of drug-likeness (QED) is 0.422. The molecule has 0 spiro atoms. The predicted octanol–water partition coefficient (Wildman–Crippen LogP) is 3.81. The smallest absolute Gasteiger partial charge is 0.407 e. The molecule has 0 aromatic carbocycles. The first-order valence-corrected chi connectivity index (χ1v) is 9.39. The summed E-state index contributed by atoms with van der Waals surface area (Å²) in [5.74, 6) is 0. The third-order valence-corrected chi connectivity index (χ3v) is 4.29. The number of carbonyl (C=O) groups is 1. The van der Waals surface area contributed by atoms with Crippen LogP contribution < -0.4 is 0 Å². The van der Waals surface area contributed by atoms with Crippen molar-refractivity contribution in [2.45, 2.75) is 71.1 Å². The van der Waals surface area contributed by atoms with Gasteiger partial charge in [-0.25, -0.2) is 4.79 Å². The molecule has 5 heteroatoms. The molecule has 0 aliphatic heterocycles. The van der Waals surface area contributed by atoms with Gasteiger partial charge >= 0.3 is 6.09 Å². The van der Waals surface area contributed by atoms with Crippen molar-refractivity contribution >= 4 is 6.09 Å². The molecule has 0 atom stereocenters. The standard InChI is InChI=1S/C18H38N2O3/c1-3-4-5-6-7-8-9-10-11-12-13-19(2)14-15-20(16-17-21)18(22)23/h21H,3-17H2,1-2H3,(H,22,23). The molecule has 138 valence electrons. The van der Waals surface area contributed by atoms with Gasteiger partial charge in [0.15, 0.2) is 0 Å². The average Bonchev–Trinajstić information content (AvgIpc) is 2.52. The molecule has 0 heterocycles. The number of hydrogen-bond donors (Lipinski definition) is 2. The van der Waals surface area contributed by atoms with E-state index in [0.717, 1.165) is 13.1 Å². The van der Waals surface area contributed by atoms with Crippen molar-refractivity contribution in [1.82, 2.24) is 9.80 Å². The predicted molar refractivity (Wildman–Crippen MR) is 96.0 cm³/mol. The van der Waals surface area contributed by atoms with Gasteiger partial charge in [-0.15, -0.1) is 0 Å². The largest absolute Gasteiger partial charge is 0.465 e. The van der Waals surface area contributed by atoms with Crippen molar-refractivity contribution in [2.75, 3.05) is 39.8 Å². The molecule has 0 unspecified atom stereocenters. The fourth-order valence-corrected chi connectivity index (χ4v) is 2.70. The van der Waals surface area contributed by atoms with Crippen LogP contribution in [0.15, 0.2) is 0 Å². The number of aliphatic hydroxyl groups excluding tert-OH is 1. The zero-order chi connectivity index (χ0) is 17.3. The van der Waals surface area contributed by atoms with Gasteiger partial charge in [0.25, 0.3) is 0 Å². The van der Waals surface area contributed by atoms with Crippen LogP contribution in [0.3, 0.4) is 0 Å². The van der Waals surface area contributed by atoms with E-state index in [1.807, 2.05) is 7.05 Å². The highest BCUT2D eigenvalue weighted by Gasteiger charge is 2.11. The second-order valence-electron chi connectivity index (χ2n) is 6.48. The Labute approximate surface area is 142 Å². The third kappa shape index (κ3) is 14.5. The number of nitrogens with zero attached hydrogens (tertiary/aromatic N) is 2. The van der Waals surface area contributed by atoms with Crippen LogP contribution in [0.5, 0.6) is 0 Å². The molecule has 5 nitrogen and oxygen atoms in total. The summed E-state index contributed by atoms with van der Waals surface area (Å²) in [7, 11) is 2.03. The van der Waals surface area contributed by atoms with Crippen molar-refractivity contribution in [1.29, 1.82) is 0 Å². The average molecular weight is 331 g/mol. The molecule has 0 aliphatic carbocycles. The maximum Gasteiger partial charge on any atom is 0.407 e. The van der Waals surface area contributed by atoms with E-state index in [9.17, 15) is 4.79 Å². The summed E-state index contributed by atoms with van der Waals surface area (Å²) in [6.07, 6.45) is 12.4. The van der Waals surface area contributed by atoms with E-state index < -0.39 is 6.09 Å². The monoisotopic (exact) mass is 330 g/mol. The number of amides is 1. The summed E-state index contributed by atoms with van der Waals surface area (Å²) in [6, 6.07) is 0. The Kier molecular flexibility index (Phi) is 15.5. The van der Waals surface area contributed by atoms with E-state index in [1.165, 1.54) is 69.1 Å². The second-order valence-corrected chi connectivity index (χ2v) is 6.48. The number of likely N-dealkylation sites (N-methyl/N-ethyl adjacent to an activating group) is 1. The van der Waals surface area contributed by atoms with Crippen LogP contribution in [0.1, 0.15) is 71.1 Å². The van der Waals surface area contributed by atoms with E-state index in [0.29, 0.717) is 6.54 Å². The van der Waals surface area contributed by atoms with E-state index in [2.05, 4.69) is 11.8 Å². The minimum absolute atomic E-state index is 0.117. The van der Waals surface area contributed by atoms with Crippen molar-refractivity contribution in [3.8, 4) is 0 Å². The van der Waals surface area contributed by atoms with Gasteiger partial charge in [-0.1, -0.05) is 64.7 Å². The first-order chi connectivity index (χ1) is 11.1. The summed E-state index contributed by atoms with van der Waals surface area (Å²) in [5, 5.41) is 17.8. The topological polar surface area (TPSA) is 64.0 Å². The molecular formula is C18H38N2O3. The number of hydrogen-bond acceptors (Lipinski definition) is 3. The Morgan fingerprint density at radius 2 is 1.30 bits per heavy atom. The van der Waals surface area contributed by atoms with Gasteiger partial charge in [-0.2, -0.15) is 0 Å². The Balaban J connectivity index is 3.42. The minimum Gasteiger partial charge on any atom is -0.465 e. The van der Waals surface area contributed by atoms with Crippen LogP contribution in [-0.2, 0) is 0 Å². The molecule has 23 heavy (non-hydrogen) atoms. The molecule has 0 rings (SSSR count). The van der Waals surface area contributed by atoms with Gasteiger partial charge < -0.3 is 20.0 Å². The normalized spacial score (nSPS) is 11.1. The molecule has 0 aliphatic rings. The fraction of sp³-hybridized carbons (Fsp3) is 0.944. The lowest BCUT2D eigenvalue weighted by Gasteiger charge is -2.22. The van der Waals surface area contributed by atoms with E-state index in [-0.39, 0.29) is 13.2 Å². The van der Waals surface area contributed by atoms with E-state index >= 15 is 0 Å². The van der Waals surface area contributed by atoms with E-state index in [4.69, 9.17) is 10.2 Å². The number of unbranched alkanes of at least 4 members (excludes halogenated alkanes) is 9. The molecule has 0 saturated carbocycles. The lowest BCUT2D eigenvalue weighted by Crippen LogP contribution is -2.38. The first kappa shape index (κ1) is 22.2. The first-order valence-electron chi connectivity index (χ1n) is 9.39. The van der Waals surface area contributed by atoms with Gasteiger partial charge in [-0.3, -0.25) is 0 Å². The van der Waals surface area contributed by atoms with Crippen LogP contribution in [0.4, 0.5) is 4.79 Å². The Morgan fingerprint density at radius 3 is 1.78 bits per heavy atom. The Hall–Kier alpha value is -0.810. The second kappa shape index (κ2) is 16.1. The molecule has 0 radical (unpaired) electrons. The fourth-order valence-electron chi connectivity index (χ4n) is 2.70. The van der Waals surface area contributed by atoms with Crippen LogP contribution >= 0.6 is 0 Å². The summed E-state index contributed by atoms with van der Waals surface area (Å²) in [6.45, 7) is 4.54. The van der Waals surface area contributed by atoms with Crippen molar-refractivity contribution in [3.05, 3.63) is 0 Å². The molecule has 0 aromatic rings. The van der Waals surface area contributed by atoms with Crippen LogP contribution in [0, 0.1) is 0 Å². The summed E-state index contributed by atoms with van der Waals surface area (Å²) >= 11 is 0. The summed E-state index contributed by atoms with van der Waals surface area (Å²) < 4.78 is 0. The zero-order valence-electron chi connectivity index (χ0n) is 15.3. The van der Waals surface area contributed by atoms with Crippen LogP contribution in [0.2, 0.25) is 0 Å². The lowest BCUT2D eigenvalue weighted by atomic mass is 10.1. The number of aliphatic hydroxyl groups is 1. The van der Waals surface area contributed by atoms with E-state index in [1.54, 1.807) is 0 Å². The lowest BCUT2D eigenvalue weighted by molar-refractivity contribution is 0.126. The van der Waals surface area contributed by atoms with Crippen molar-refractivity contribution in [2.24, 2.45) is 0 Å². The van der Waals surface area contributed by atoms with Crippen molar-refractivity contribution in [3.63, 3.8) is 0 Å². The minimum atomic E-state index is -0.952. The highest BCUT2D eigenvalue weighted by atomic mass is 16.4. The van der Waals surface area contributed by atoms with Gasteiger partial charge in [0.2, 0.25) is 0 Å². The van der Waals surface area contributed by atoms with Gasteiger partial charge in [0.05, 0.1) is 6.61 Å². The molecule has 0 bridgehead atoms. The maximum absolute atomic E-state index is 10.9. The highest BCUT2D eigenvalue weighted by molar-refractivity contribution is 5.64. The van der Waals surface area contributed by atoms with Crippen molar-refractivity contribution < 1.29 is 15.0 Å². The molecule has 0 saturated heterocycles. The number of rotatable bonds is 16. The van der Waals surface area contributed by atoms with Crippen LogP contribution in [-0.4, -0.2) is 65.9 Å². The Morgan fingerprint density at radius 1 is 0.783 bits per heavy atom. The van der Waals surface area contributed by atoms with Gasteiger partial charge in [0.1, 0.15) is 0 Å². The number of carboxylic acid groups (broad SMARTS) is 1. The Bertz CT molecular complexity index is 275. The van der Waals surface area contributed by atoms with Gasteiger partial charge in [-0.05, 0) is 20.0 Å². The molecule has 2 N–H and O–H groups in total. The molecular weight excluding hydrogens is 292 g/mol.